The van der Waals surface area contributed by atoms with Gasteiger partial charge in [-0.1, -0.05) is 37.4 Å². The van der Waals surface area contributed by atoms with Crippen molar-refractivity contribution in [1.82, 2.24) is 5.32 Å². The molecule has 4 heteroatoms. The van der Waals surface area contributed by atoms with Crippen LogP contribution in [0.4, 0.5) is 4.39 Å². The lowest BCUT2D eigenvalue weighted by Crippen LogP contribution is -2.52. The van der Waals surface area contributed by atoms with Crippen molar-refractivity contribution in [2.75, 3.05) is 13.7 Å². The highest BCUT2D eigenvalue weighted by Gasteiger charge is 2.41. The molecule has 1 aliphatic rings. The maximum absolute atomic E-state index is 13.3. The summed E-state index contributed by atoms with van der Waals surface area (Å²) in [6.07, 6.45) is 6.48. The van der Waals surface area contributed by atoms with Gasteiger partial charge in [-0.05, 0) is 49.9 Å². The molecule has 0 heterocycles. The number of ether oxygens (including phenoxy) is 1. The fourth-order valence-electron chi connectivity index (χ4n) is 3.33. The Labute approximate surface area is 132 Å². The normalized spacial score (nSPS) is 18.9. The van der Waals surface area contributed by atoms with E-state index in [1.165, 1.54) is 18.9 Å². The van der Waals surface area contributed by atoms with Crippen LogP contribution in [0.25, 0.3) is 0 Å². The molecule has 0 aromatic heterocycles. The molecule has 1 atom stereocenters. The zero-order valence-corrected chi connectivity index (χ0v) is 13.7. The minimum Gasteiger partial charge on any atom is -0.377 e. The lowest BCUT2D eigenvalue weighted by molar-refractivity contribution is -0.0354. The molecule has 1 N–H and O–H groups in total. The molecule has 0 bridgehead atoms. The number of hydrogen-bond acceptors (Lipinski definition) is 2. The molecule has 0 aliphatic heterocycles. The monoisotopic (exact) mass is 313 g/mol. The maximum atomic E-state index is 13.3. The Morgan fingerprint density at radius 1 is 1.38 bits per heavy atom. The first kappa shape index (κ1) is 16.7. The first-order valence-electron chi connectivity index (χ1n) is 7.84. The average molecular weight is 314 g/mol. The summed E-state index contributed by atoms with van der Waals surface area (Å²) >= 11 is 5.90. The fraction of sp³-hybridized carbons (Fsp3) is 0.647. The summed E-state index contributed by atoms with van der Waals surface area (Å²) < 4.78 is 19.2. The predicted molar refractivity (Wildman–Crippen MR) is 85.4 cm³/mol. The Bertz CT molecular complexity index is 460. The van der Waals surface area contributed by atoms with Crippen molar-refractivity contribution < 1.29 is 9.13 Å². The van der Waals surface area contributed by atoms with Crippen LogP contribution < -0.4 is 5.32 Å². The summed E-state index contributed by atoms with van der Waals surface area (Å²) in [7, 11) is 1.81. The summed E-state index contributed by atoms with van der Waals surface area (Å²) in [6, 6.07) is 5.24. The fourth-order valence-corrected chi connectivity index (χ4v) is 3.54. The van der Waals surface area contributed by atoms with Crippen molar-refractivity contribution in [3.05, 3.63) is 34.6 Å². The van der Waals surface area contributed by atoms with Gasteiger partial charge in [0, 0.05) is 13.2 Å². The molecule has 2 rings (SSSR count). The van der Waals surface area contributed by atoms with Crippen molar-refractivity contribution in [2.24, 2.45) is 0 Å². The van der Waals surface area contributed by atoms with Crippen LogP contribution in [0.3, 0.4) is 0 Å². The molecule has 1 aromatic rings. The number of methoxy groups -OCH3 is 1. The molecular formula is C17H25ClFNO. The van der Waals surface area contributed by atoms with E-state index in [4.69, 9.17) is 16.3 Å². The number of nitrogens with one attached hydrogen (secondary N) is 1. The highest BCUT2D eigenvalue weighted by Crippen LogP contribution is 2.37. The summed E-state index contributed by atoms with van der Waals surface area (Å²) in [6.45, 7) is 3.12. The van der Waals surface area contributed by atoms with Crippen molar-refractivity contribution in [2.45, 2.75) is 57.1 Å². The lowest BCUT2D eigenvalue weighted by atomic mass is 9.87. The van der Waals surface area contributed by atoms with E-state index in [9.17, 15) is 4.39 Å². The molecule has 1 fully saturated rings. The number of rotatable bonds is 7. The smallest absolute Gasteiger partial charge is 0.141 e. The number of hydrogen-bond donors (Lipinski definition) is 1. The van der Waals surface area contributed by atoms with Crippen LogP contribution in [-0.2, 0) is 11.2 Å². The van der Waals surface area contributed by atoms with Crippen LogP contribution in [-0.4, -0.2) is 25.3 Å². The van der Waals surface area contributed by atoms with Gasteiger partial charge >= 0.3 is 0 Å². The SMILES string of the molecule is CCCNC(Cc1ccc(F)c(Cl)c1)C1(OC)CCCC1. The van der Waals surface area contributed by atoms with E-state index in [0.29, 0.717) is 0 Å². The van der Waals surface area contributed by atoms with Crippen molar-refractivity contribution in [3.8, 4) is 0 Å². The molecule has 1 aliphatic carbocycles. The van der Waals surface area contributed by atoms with Crippen molar-refractivity contribution in [1.29, 1.82) is 0 Å². The Balaban J connectivity index is 2.17. The largest absolute Gasteiger partial charge is 0.377 e. The number of halogens is 2. The van der Waals surface area contributed by atoms with Gasteiger partial charge in [0.15, 0.2) is 0 Å². The third kappa shape index (κ3) is 3.97. The van der Waals surface area contributed by atoms with Crippen LogP contribution in [0.15, 0.2) is 18.2 Å². The Morgan fingerprint density at radius 3 is 2.67 bits per heavy atom. The van der Waals surface area contributed by atoms with Gasteiger partial charge in [-0.25, -0.2) is 4.39 Å². The number of benzene rings is 1. The van der Waals surface area contributed by atoms with Crippen LogP contribution in [0.1, 0.15) is 44.6 Å². The van der Waals surface area contributed by atoms with Crippen molar-refractivity contribution in [3.63, 3.8) is 0 Å². The minimum absolute atomic E-state index is 0.101. The van der Waals surface area contributed by atoms with E-state index in [1.807, 2.05) is 13.2 Å². The Morgan fingerprint density at radius 2 is 2.10 bits per heavy atom. The molecule has 21 heavy (non-hydrogen) atoms. The van der Waals surface area contributed by atoms with E-state index in [2.05, 4.69) is 12.2 Å². The van der Waals surface area contributed by atoms with Gasteiger partial charge in [0.1, 0.15) is 5.82 Å². The first-order chi connectivity index (χ1) is 10.1. The quantitative estimate of drug-likeness (QED) is 0.808. The van der Waals surface area contributed by atoms with Crippen LogP contribution in [0, 0.1) is 5.82 Å². The summed E-state index contributed by atoms with van der Waals surface area (Å²) in [5, 5.41) is 3.82. The second kappa shape index (κ2) is 7.57. The molecule has 0 radical (unpaired) electrons. The topological polar surface area (TPSA) is 21.3 Å². The highest BCUT2D eigenvalue weighted by molar-refractivity contribution is 6.30. The third-order valence-corrected chi connectivity index (χ3v) is 4.85. The van der Waals surface area contributed by atoms with Gasteiger partial charge < -0.3 is 10.1 Å². The molecule has 2 nitrogen and oxygen atoms in total. The van der Waals surface area contributed by atoms with Gasteiger partial charge in [0.25, 0.3) is 0 Å². The van der Waals surface area contributed by atoms with Crippen LogP contribution in [0.2, 0.25) is 5.02 Å². The van der Waals surface area contributed by atoms with Gasteiger partial charge in [-0.3, -0.25) is 0 Å². The molecule has 1 saturated carbocycles. The Hall–Kier alpha value is -0.640. The van der Waals surface area contributed by atoms with Crippen molar-refractivity contribution >= 4 is 11.6 Å². The second-order valence-corrected chi connectivity index (χ2v) is 6.34. The van der Waals surface area contributed by atoms with E-state index in [1.54, 1.807) is 6.07 Å². The lowest BCUT2D eigenvalue weighted by Gasteiger charge is -2.37. The summed E-state index contributed by atoms with van der Waals surface area (Å²) in [5.74, 6) is -0.360. The van der Waals surface area contributed by atoms with Gasteiger partial charge in [0.05, 0.1) is 10.6 Å². The molecule has 0 spiro atoms. The average Bonchev–Trinajstić information content (AvgIpc) is 2.97. The molecule has 118 valence electrons. The maximum Gasteiger partial charge on any atom is 0.141 e. The molecule has 1 unspecified atom stereocenters. The summed E-state index contributed by atoms with van der Waals surface area (Å²) in [4.78, 5) is 0. The first-order valence-corrected chi connectivity index (χ1v) is 8.21. The van der Waals surface area contributed by atoms with Gasteiger partial charge in [-0.2, -0.15) is 0 Å². The van der Waals surface area contributed by atoms with E-state index in [-0.39, 0.29) is 22.5 Å². The predicted octanol–water partition coefficient (Wildman–Crippen LogP) is 4.35. The zero-order valence-electron chi connectivity index (χ0n) is 12.9. The van der Waals surface area contributed by atoms with Crippen LogP contribution >= 0.6 is 11.6 Å². The second-order valence-electron chi connectivity index (χ2n) is 5.94. The van der Waals surface area contributed by atoms with Gasteiger partial charge in [-0.15, -0.1) is 0 Å². The molecule has 0 amide bonds. The highest BCUT2D eigenvalue weighted by atomic mass is 35.5. The zero-order chi connectivity index (χ0) is 15.3. The van der Waals surface area contributed by atoms with Gasteiger partial charge in [0.2, 0.25) is 0 Å². The molecular weight excluding hydrogens is 289 g/mol. The summed E-state index contributed by atoms with van der Waals surface area (Å²) in [5.41, 5.74) is 0.953. The van der Waals surface area contributed by atoms with E-state index >= 15 is 0 Å². The third-order valence-electron chi connectivity index (χ3n) is 4.56. The minimum atomic E-state index is -0.360. The Kier molecular flexibility index (Phi) is 6.03. The molecule has 1 aromatic carbocycles. The molecule has 0 saturated heterocycles. The standard InChI is InChI=1S/C17H25ClFNO/c1-3-10-20-16(17(21-2)8-4-5-9-17)12-13-6-7-15(19)14(18)11-13/h6-7,11,16,20H,3-5,8-10,12H2,1-2H3. The van der Waals surface area contributed by atoms with Crippen LogP contribution in [0.5, 0.6) is 0 Å². The van der Waals surface area contributed by atoms with E-state index in [0.717, 1.165) is 37.8 Å². The van der Waals surface area contributed by atoms with E-state index < -0.39 is 0 Å².